The zero-order chi connectivity index (χ0) is 40.4. The third-order valence-electron chi connectivity index (χ3n) is 9.35. The van der Waals surface area contributed by atoms with Gasteiger partial charge in [0.15, 0.2) is 34.7 Å². The second kappa shape index (κ2) is 14.2. The van der Waals surface area contributed by atoms with Crippen LogP contribution in [0, 0.1) is 11.8 Å². The number of Topliss-reactive ketones (excluding diaryl/α,β-unsaturated/α-hetero) is 6. The summed E-state index contributed by atoms with van der Waals surface area (Å²) >= 11 is 0. The number of rotatable bonds is 6. The van der Waals surface area contributed by atoms with Crippen molar-refractivity contribution in [2.75, 3.05) is 39.4 Å². The van der Waals surface area contributed by atoms with Crippen molar-refractivity contribution in [3.05, 3.63) is 58.7 Å². The van der Waals surface area contributed by atoms with E-state index in [4.69, 9.17) is 18.9 Å². The lowest BCUT2D eigenvalue weighted by atomic mass is 9.94. The quantitative estimate of drug-likeness (QED) is 0.386. The number of ether oxygens (including phenoxy) is 4. The van der Waals surface area contributed by atoms with Crippen molar-refractivity contribution in [2.24, 2.45) is 11.8 Å². The minimum Gasteiger partial charge on any atom is -0.444 e. The number of carbonyl (C=O) groups excluding carboxylic acids is 8. The Morgan fingerprint density at radius 2 is 0.945 bits per heavy atom. The molecule has 4 atom stereocenters. The number of ketones is 6. The number of nitrogens with zero attached hydrogens (tertiary/aromatic N) is 2. The first-order valence-corrected chi connectivity index (χ1v) is 19.0. The van der Waals surface area contributed by atoms with E-state index in [-0.39, 0.29) is 61.6 Å². The van der Waals surface area contributed by atoms with E-state index < -0.39 is 102 Å². The number of hydrogen-bond donors (Lipinski definition) is 0. The van der Waals surface area contributed by atoms with Crippen LogP contribution in [0.2, 0.25) is 0 Å². The first kappa shape index (κ1) is 39.6. The number of carbonyl (C=O) groups is 8. The fraction of sp³-hybridized carbons (Fsp3) is 0.474. The molecular formula is C38H40N2O14S. The molecular weight excluding hydrogens is 740 g/mol. The van der Waals surface area contributed by atoms with E-state index in [1.54, 1.807) is 41.5 Å². The summed E-state index contributed by atoms with van der Waals surface area (Å²) in [5.74, 6) is -8.98. The third kappa shape index (κ3) is 7.60. The van der Waals surface area contributed by atoms with Gasteiger partial charge in [0.2, 0.25) is 9.84 Å². The first-order valence-electron chi connectivity index (χ1n) is 17.6. The molecule has 2 aromatic carbocycles. The van der Waals surface area contributed by atoms with Crippen molar-refractivity contribution in [2.45, 2.75) is 74.7 Å². The molecule has 0 spiro atoms. The lowest BCUT2D eigenvalue weighted by Gasteiger charge is -2.34. The summed E-state index contributed by atoms with van der Waals surface area (Å²) in [7, 11) is -4.51. The minimum atomic E-state index is -4.51. The van der Waals surface area contributed by atoms with Gasteiger partial charge in [0.25, 0.3) is 0 Å². The Morgan fingerprint density at radius 3 is 1.29 bits per heavy atom. The Balaban J connectivity index is 1.19. The Kier molecular flexibility index (Phi) is 10.2. The number of fused-ring (bicyclic) bond motifs is 2. The molecule has 2 heterocycles. The largest absolute Gasteiger partial charge is 0.444 e. The molecule has 0 saturated carbocycles. The zero-order valence-electron chi connectivity index (χ0n) is 31.0. The zero-order valence-corrected chi connectivity index (χ0v) is 31.9. The summed E-state index contributed by atoms with van der Waals surface area (Å²) in [6.45, 7) is 9.69. The van der Waals surface area contributed by atoms with E-state index >= 15 is 0 Å². The van der Waals surface area contributed by atoms with E-state index in [0.717, 1.165) is 36.4 Å². The molecule has 2 saturated heterocycles. The summed E-state index contributed by atoms with van der Waals surface area (Å²) in [6, 6.07) is 6.33. The van der Waals surface area contributed by atoms with E-state index in [9.17, 15) is 46.8 Å². The summed E-state index contributed by atoms with van der Waals surface area (Å²) < 4.78 is 49.5. The van der Waals surface area contributed by atoms with Gasteiger partial charge in [-0.15, -0.1) is 0 Å². The van der Waals surface area contributed by atoms with E-state index in [1.165, 1.54) is 9.80 Å². The molecule has 17 heteroatoms. The topological polar surface area (TPSA) is 214 Å². The van der Waals surface area contributed by atoms with Crippen LogP contribution in [0.15, 0.2) is 46.2 Å². The smallest absolute Gasteiger partial charge is 0.410 e. The predicted molar refractivity (Wildman–Crippen MR) is 188 cm³/mol. The minimum absolute atomic E-state index is 0.0507. The average Bonchev–Trinajstić information content (AvgIpc) is 3.52. The molecule has 4 unspecified atom stereocenters. The molecule has 16 nitrogen and oxygen atoms in total. The molecule has 2 fully saturated rings. The maximum atomic E-state index is 13.9. The number of sulfone groups is 1. The molecule has 2 amide bonds. The highest BCUT2D eigenvalue weighted by Gasteiger charge is 2.49. The molecule has 2 aliphatic carbocycles. The van der Waals surface area contributed by atoms with Crippen LogP contribution in [-0.4, -0.2) is 128 Å². The maximum absolute atomic E-state index is 13.9. The van der Waals surface area contributed by atoms with Crippen LogP contribution in [0.3, 0.4) is 0 Å². The molecule has 0 radical (unpaired) electrons. The van der Waals surface area contributed by atoms with Gasteiger partial charge in [-0.3, -0.25) is 28.8 Å². The van der Waals surface area contributed by atoms with Gasteiger partial charge in [-0.25, -0.2) is 18.0 Å². The molecule has 0 N–H and O–H groups in total. The van der Waals surface area contributed by atoms with Crippen LogP contribution in [0.25, 0.3) is 0 Å². The van der Waals surface area contributed by atoms with Gasteiger partial charge in [-0.2, -0.15) is 0 Å². The first-order chi connectivity index (χ1) is 25.6. The summed E-state index contributed by atoms with van der Waals surface area (Å²) in [5, 5.41) is 0. The van der Waals surface area contributed by atoms with Crippen LogP contribution in [0.5, 0.6) is 0 Å². The Bertz CT molecular complexity index is 2020. The summed E-state index contributed by atoms with van der Waals surface area (Å²) in [5.41, 5.74) is -2.58. The van der Waals surface area contributed by atoms with Crippen LogP contribution in [0.4, 0.5) is 9.59 Å². The van der Waals surface area contributed by atoms with Crippen LogP contribution in [-0.2, 0) is 38.4 Å². The van der Waals surface area contributed by atoms with Crippen LogP contribution in [0.1, 0.15) is 83.0 Å². The second-order valence-electron chi connectivity index (χ2n) is 15.6. The molecule has 4 aliphatic rings. The Morgan fingerprint density at radius 1 is 0.600 bits per heavy atom. The summed E-state index contributed by atoms with van der Waals surface area (Å²) in [6.07, 6.45) is -4.01. The molecule has 6 rings (SSSR count). The van der Waals surface area contributed by atoms with Gasteiger partial charge in [-0.1, -0.05) is 0 Å². The van der Waals surface area contributed by atoms with Crippen molar-refractivity contribution in [1.82, 2.24) is 9.80 Å². The number of morpholine rings is 2. The van der Waals surface area contributed by atoms with Gasteiger partial charge in [0.1, 0.15) is 35.2 Å². The Hall–Kier alpha value is -5.13. The summed E-state index contributed by atoms with van der Waals surface area (Å²) in [4.78, 5) is 108. The van der Waals surface area contributed by atoms with Crippen LogP contribution < -0.4 is 0 Å². The van der Waals surface area contributed by atoms with Crippen molar-refractivity contribution < 1.29 is 65.7 Å². The van der Waals surface area contributed by atoms with E-state index in [0.29, 0.717) is 0 Å². The highest BCUT2D eigenvalue weighted by Crippen LogP contribution is 2.36. The Labute approximate surface area is 316 Å². The number of hydrogen-bond acceptors (Lipinski definition) is 14. The van der Waals surface area contributed by atoms with Gasteiger partial charge >= 0.3 is 12.2 Å². The predicted octanol–water partition coefficient (Wildman–Crippen LogP) is 2.92. The van der Waals surface area contributed by atoms with Gasteiger partial charge in [0.05, 0.1) is 36.1 Å². The van der Waals surface area contributed by atoms with E-state index in [2.05, 4.69) is 0 Å². The molecule has 2 aromatic rings. The number of amides is 2. The van der Waals surface area contributed by atoms with Crippen molar-refractivity contribution in [1.29, 1.82) is 0 Å². The van der Waals surface area contributed by atoms with Gasteiger partial charge < -0.3 is 28.7 Å². The van der Waals surface area contributed by atoms with Crippen molar-refractivity contribution >= 4 is 56.7 Å². The van der Waals surface area contributed by atoms with Crippen molar-refractivity contribution in [3.8, 4) is 0 Å². The second-order valence-corrected chi connectivity index (χ2v) is 17.6. The lowest BCUT2D eigenvalue weighted by Crippen LogP contribution is -2.52. The fourth-order valence-corrected chi connectivity index (χ4v) is 8.04. The molecule has 55 heavy (non-hydrogen) atoms. The molecule has 2 aliphatic heterocycles. The fourth-order valence-electron chi connectivity index (χ4n) is 6.73. The highest BCUT2D eigenvalue weighted by atomic mass is 32.2. The van der Waals surface area contributed by atoms with Crippen LogP contribution >= 0.6 is 0 Å². The lowest BCUT2D eigenvalue weighted by molar-refractivity contribution is -0.137. The monoisotopic (exact) mass is 780 g/mol. The maximum Gasteiger partial charge on any atom is 0.410 e. The SMILES string of the molecule is CC(C)(C)OC(=O)N1CCOC(C(=O)C2C(=O)c3ccc(S(=O)(=O)c4ccc5c(c4)C(=O)C(C(=O)C4CN(C(=O)OC(C)(C)C)CCO4)C5=O)cc3C2=O)C1. The highest BCUT2D eigenvalue weighted by molar-refractivity contribution is 7.91. The third-order valence-corrected chi connectivity index (χ3v) is 11.1. The van der Waals surface area contributed by atoms with Gasteiger partial charge in [-0.05, 0) is 77.9 Å². The van der Waals surface area contributed by atoms with Crippen molar-refractivity contribution in [3.63, 3.8) is 0 Å². The molecule has 0 bridgehead atoms. The molecule has 292 valence electrons. The number of benzene rings is 2. The molecule has 0 aromatic heterocycles. The average molecular weight is 781 g/mol. The standard InChI is InChI=1S/C38H40N2O14S/c1-37(2,3)53-35(47)39-11-13-51-25(17-39)33(45)27-29(41)21-9-7-19(15-23(21)31(27)43)55(49,50)20-8-10-22-24(16-20)32(44)28(30(22)42)34(46)26-18-40(12-14-52-26)36(48)54-38(4,5)6/h7-10,15-16,25-28H,11-14,17-18H2,1-6H3. The van der Waals surface area contributed by atoms with E-state index in [1.807, 2.05) is 0 Å². The normalized spacial score (nSPS) is 23.0. The van der Waals surface area contributed by atoms with Gasteiger partial charge in [0, 0.05) is 35.3 Å².